The Hall–Kier alpha value is -6.32. The molecule has 0 fully saturated rings. The van der Waals surface area contributed by atoms with Gasteiger partial charge in [-0.05, 0) is 29.5 Å². The Labute approximate surface area is 330 Å². The number of benzene rings is 5. The molecule has 0 saturated heterocycles. The fraction of sp³-hybridized carbons (Fsp3) is 0.125. The van der Waals surface area contributed by atoms with E-state index in [4.69, 9.17) is 4.65 Å². The van der Waals surface area contributed by atoms with Gasteiger partial charge in [0.1, 0.15) is 0 Å². The van der Waals surface area contributed by atoms with Crippen molar-refractivity contribution in [3.63, 3.8) is 0 Å². The summed E-state index contributed by atoms with van der Waals surface area (Å²) in [4.78, 5) is 23.6. The molecule has 0 unspecified atom stereocenters. The summed E-state index contributed by atoms with van der Waals surface area (Å²) in [5.74, 6) is 0.263. The van der Waals surface area contributed by atoms with E-state index >= 15 is 0 Å². The number of carbonyl (C=O) groups is 2. The van der Waals surface area contributed by atoms with Crippen LogP contribution in [0.4, 0.5) is 0 Å². The highest BCUT2D eigenvalue weighted by Gasteiger charge is 2.35. The van der Waals surface area contributed by atoms with Crippen molar-refractivity contribution >= 4 is 18.9 Å². The van der Waals surface area contributed by atoms with E-state index in [1.54, 1.807) is 0 Å². The highest BCUT2D eigenvalue weighted by atomic mass is 16.6. The van der Waals surface area contributed by atoms with Gasteiger partial charge < -0.3 is 14.7 Å². The normalized spacial score (nSPS) is 10.5. The van der Waals surface area contributed by atoms with Crippen molar-refractivity contribution in [2.75, 3.05) is 6.61 Å². The lowest BCUT2D eigenvalue weighted by atomic mass is 9.67. The van der Waals surface area contributed by atoms with E-state index in [2.05, 4.69) is 36.4 Å². The van der Waals surface area contributed by atoms with Crippen molar-refractivity contribution < 1.29 is 33.4 Å². The van der Waals surface area contributed by atoms with Crippen LogP contribution in [0.3, 0.4) is 0 Å². The Balaban J connectivity index is 0.000000171. The van der Waals surface area contributed by atoms with Gasteiger partial charge in [-0.15, -0.1) is 0 Å². The lowest BCUT2D eigenvalue weighted by molar-refractivity contribution is -0.683. The molecule has 0 aliphatic rings. The van der Waals surface area contributed by atoms with Crippen LogP contribution in [0.25, 0.3) is 0 Å². The minimum absolute atomic E-state index is 0.131. The summed E-state index contributed by atoms with van der Waals surface area (Å²) in [7, 11) is -2.23. The smallest absolute Gasteiger partial charge is 0.227 e. The number of ketones is 2. The lowest BCUT2D eigenvalue weighted by Gasteiger charge is -2.37. The van der Waals surface area contributed by atoms with E-state index in [1.807, 2.05) is 186 Å². The molecule has 0 atom stereocenters. The summed E-state index contributed by atoms with van der Waals surface area (Å²) in [5, 5.41) is 21.4. The Morgan fingerprint density at radius 2 is 0.768 bits per heavy atom. The van der Waals surface area contributed by atoms with Crippen molar-refractivity contribution in [3.8, 4) is 0 Å². The van der Waals surface area contributed by atoms with Crippen LogP contribution in [0.15, 0.2) is 213 Å². The maximum Gasteiger partial charge on any atom is 0.227 e. The van der Waals surface area contributed by atoms with Crippen molar-refractivity contribution in [3.05, 3.63) is 241 Å². The van der Waals surface area contributed by atoms with E-state index in [9.17, 15) is 19.6 Å². The standard InChI is InChI=1S/C22H21BO3.2C13H12NO/c24-23(25)26-18-10-17-22(19-11-4-1-5-12-19,20-13-6-2-7-14-20)21-15-8-3-9-16-21;2*15-13(12-7-3-1-4-8-12)11-14-9-5-2-6-10-14/h1-9,11-16H,10,17-18H2;2*1-10H,11H2/q-2;2*+1. The molecule has 0 radical (unpaired) electrons. The third kappa shape index (κ3) is 12.4. The number of hydrogen-bond donors (Lipinski definition) is 0. The molecule has 56 heavy (non-hydrogen) atoms. The predicted octanol–water partition coefficient (Wildman–Crippen LogP) is 6.24. The fourth-order valence-corrected chi connectivity index (χ4v) is 6.46. The minimum Gasteiger partial charge on any atom is -0.871 e. The zero-order valence-corrected chi connectivity index (χ0v) is 31.3. The number of rotatable bonds is 14. The third-order valence-electron chi connectivity index (χ3n) is 9.15. The van der Waals surface area contributed by atoms with Crippen LogP contribution < -0.4 is 19.2 Å². The van der Waals surface area contributed by atoms with Crippen molar-refractivity contribution in [1.82, 2.24) is 0 Å². The monoisotopic (exact) mass is 740 g/mol. The molecular formula is C48H45BN2O5. The van der Waals surface area contributed by atoms with Crippen LogP contribution in [-0.2, 0) is 23.2 Å². The summed E-state index contributed by atoms with van der Waals surface area (Å²) in [6.07, 6.45) is 8.90. The Bertz CT molecular complexity index is 1960. The lowest BCUT2D eigenvalue weighted by Crippen LogP contribution is -2.48. The zero-order valence-electron chi connectivity index (χ0n) is 31.3. The molecule has 0 spiro atoms. The van der Waals surface area contributed by atoms with Crippen LogP contribution in [0.5, 0.6) is 0 Å². The van der Waals surface area contributed by atoms with E-state index in [0.29, 0.717) is 19.5 Å². The first-order valence-electron chi connectivity index (χ1n) is 18.6. The van der Waals surface area contributed by atoms with Crippen LogP contribution in [0.2, 0.25) is 0 Å². The SMILES string of the molecule is O=C(C[n+]1ccccc1)c1ccccc1.O=C(C[n+]1ccccc1)c1ccccc1.[O-]B([O-])OCCCC(c1ccccc1)(c1ccccc1)c1ccccc1. The van der Waals surface area contributed by atoms with Gasteiger partial charge in [0.2, 0.25) is 24.7 Å². The highest BCUT2D eigenvalue weighted by molar-refractivity contribution is 6.28. The number of hydrogen-bond acceptors (Lipinski definition) is 5. The average molecular weight is 741 g/mol. The molecule has 2 aromatic heterocycles. The van der Waals surface area contributed by atoms with Crippen LogP contribution in [0.1, 0.15) is 50.2 Å². The molecule has 7 nitrogen and oxygen atoms in total. The molecular weight excluding hydrogens is 695 g/mol. The second-order valence-corrected chi connectivity index (χ2v) is 12.9. The van der Waals surface area contributed by atoms with Gasteiger partial charge in [-0.2, -0.15) is 9.13 Å². The quantitative estimate of drug-likeness (QED) is 0.0433. The number of carbonyl (C=O) groups excluding carboxylic acids is 2. The van der Waals surface area contributed by atoms with Gasteiger partial charge in [0, 0.05) is 47.4 Å². The van der Waals surface area contributed by atoms with Crippen molar-refractivity contribution in [2.24, 2.45) is 0 Å². The summed E-state index contributed by atoms with van der Waals surface area (Å²) in [6, 6.07) is 61.3. The first-order valence-corrected chi connectivity index (χ1v) is 18.6. The summed E-state index contributed by atoms with van der Waals surface area (Å²) < 4.78 is 8.47. The van der Waals surface area contributed by atoms with Gasteiger partial charge in [0.05, 0.1) is 7.32 Å². The number of nitrogens with zero attached hydrogens (tertiary/aromatic N) is 2. The first kappa shape index (κ1) is 40.9. The Kier molecular flexibility index (Phi) is 16.2. The summed E-state index contributed by atoms with van der Waals surface area (Å²) >= 11 is 0. The molecule has 0 amide bonds. The topological polar surface area (TPSA) is 97.2 Å². The largest absolute Gasteiger partial charge is 0.871 e. The molecule has 7 rings (SSSR count). The first-order chi connectivity index (χ1) is 27.5. The summed E-state index contributed by atoms with van der Waals surface area (Å²) in [6.45, 7) is 0.946. The van der Waals surface area contributed by atoms with E-state index in [0.717, 1.165) is 17.5 Å². The molecule has 280 valence electrons. The maximum absolute atomic E-state index is 11.8. The van der Waals surface area contributed by atoms with Crippen molar-refractivity contribution in [1.29, 1.82) is 0 Å². The average Bonchev–Trinajstić information content (AvgIpc) is 3.26. The van der Waals surface area contributed by atoms with Gasteiger partial charge in [-0.3, -0.25) is 9.59 Å². The van der Waals surface area contributed by atoms with E-state index < -0.39 is 7.32 Å². The molecule has 8 heteroatoms. The molecule has 0 aliphatic carbocycles. The Morgan fingerprint density at radius 1 is 0.464 bits per heavy atom. The minimum atomic E-state index is -2.23. The summed E-state index contributed by atoms with van der Waals surface area (Å²) in [5.41, 5.74) is 4.69. The van der Waals surface area contributed by atoms with E-state index in [-0.39, 0.29) is 23.6 Å². The predicted molar refractivity (Wildman–Crippen MR) is 215 cm³/mol. The number of pyridine rings is 2. The molecule has 5 aromatic carbocycles. The van der Waals surface area contributed by atoms with Crippen LogP contribution in [0, 0.1) is 0 Å². The van der Waals surface area contributed by atoms with Gasteiger partial charge in [0.25, 0.3) is 0 Å². The fourth-order valence-electron chi connectivity index (χ4n) is 6.46. The zero-order chi connectivity index (χ0) is 39.3. The number of Topliss-reactive ketones (excluding diaryl/α,β-unsaturated/α-hetero) is 2. The number of aromatic nitrogens is 2. The van der Waals surface area contributed by atoms with Crippen LogP contribution >= 0.6 is 0 Å². The third-order valence-corrected chi connectivity index (χ3v) is 9.15. The van der Waals surface area contributed by atoms with E-state index in [1.165, 1.54) is 16.7 Å². The molecule has 0 N–H and O–H groups in total. The molecule has 0 bridgehead atoms. The maximum atomic E-state index is 11.8. The van der Waals surface area contributed by atoms with Gasteiger partial charge in [0.15, 0.2) is 24.8 Å². The Morgan fingerprint density at radius 3 is 1.09 bits per heavy atom. The van der Waals surface area contributed by atoms with Gasteiger partial charge >= 0.3 is 0 Å². The highest BCUT2D eigenvalue weighted by Crippen LogP contribution is 2.42. The molecule has 7 aromatic rings. The second-order valence-electron chi connectivity index (χ2n) is 12.9. The van der Waals surface area contributed by atoms with Crippen molar-refractivity contribution in [2.45, 2.75) is 31.3 Å². The van der Waals surface area contributed by atoms with Crippen LogP contribution in [-0.4, -0.2) is 25.5 Å². The van der Waals surface area contributed by atoms with Gasteiger partial charge in [-0.25, -0.2) is 0 Å². The molecule has 2 heterocycles. The van der Waals surface area contributed by atoms with Gasteiger partial charge in [-0.1, -0.05) is 164 Å². The molecule has 0 aliphatic heterocycles. The second kappa shape index (κ2) is 22.2. The molecule has 0 saturated carbocycles.